The van der Waals surface area contributed by atoms with Crippen LogP contribution in [0.15, 0.2) is 63.1 Å². The van der Waals surface area contributed by atoms with E-state index in [1.165, 1.54) is 17.5 Å². The first-order valence-corrected chi connectivity index (χ1v) is 10.5. The molecule has 0 atom stereocenters. The molecule has 5 heteroatoms. The summed E-state index contributed by atoms with van der Waals surface area (Å²) in [6.45, 7) is 1.05. The van der Waals surface area contributed by atoms with Crippen LogP contribution < -0.4 is 0 Å². The zero-order valence-corrected chi connectivity index (χ0v) is 16.3. The van der Waals surface area contributed by atoms with Crippen LogP contribution in [-0.2, 0) is 37.1 Å². The Morgan fingerprint density at radius 2 is 1.96 bits per heavy atom. The minimum atomic E-state index is 0.0769. The number of hydrogen-bond donors (Lipinski definition) is 0. The van der Waals surface area contributed by atoms with Crippen LogP contribution in [0.5, 0.6) is 0 Å². The third-order valence-electron chi connectivity index (χ3n) is 5.42. The Morgan fingerprint density at radius 1 is 1.07 bits per heavy atom. The number of benzene rings is 1. The molecule has 0 bridgehead atoms. The molecule has 0 saturated heterocycles. The van der Waals surface area contributed by atoms with Crippen LogP contribution in [0.25, 0.3) is 11.0 Å². The van der Waals surface area contributed by atoms with Crippen LogP contribution in [0.1, 0.15) is 33.7 Å². The van der Waals surface area contributed by atoms with Gasteiger partial charge in [0.25, 0.3) is 0 Å². The van der Waals surface area contributed by atoms with Gasteiger partial charge in [0.2, 0.25) is 5.91 Å². The molecule has 0 radical (unpaired) electrons. The van der Waals surface area contributed by atoms with Crippen LogP contribution in [0, 0.1) is 0 Å². The topological polar surface area (TPSA) is 46.6 Å². The van der Waals surface area contributed by atoms with Crippen molar-refractivity contribution in [1.29, 1.82) is 0 Å². The molecule has 3 heterocycles. The number of amides is 1. The molecule has 0 aliphatic heterocycles. The smallest absolute Gasteiger partial charge is 0.227 e. The van der Waals surface area contributed by atoms with Gasteiger partial charge in [0.15, 0.2) is 0 Å². The van der Waals surface area contributed by atoms with Gasteiger partial charge in [-0.25, -0.2) is 0 Å². The Balaban J connectivity index is 1.40. The fraction of sp³-hybridized carbons (Fsp3) is 0.261. The van der Waals surface area contributed by atoms with Crippen LogP contribution in [0.3, 0.4) is 0 Å². The largest absolute Gasteiger partial charge is 0.467 e. The van der Waals surface area contributed by atoms with Crippen molar-refractivity contribution >= 4 is 28.2 Å². The second-order valence-corrected chi connectivity index (χ2v) is 8.35. The second-order valence-electron chi connectivity index (χ2n) is 7.32. The molecule has 0 spiro atoms. The van der Waals surface area contributed by atoms with E-state index in [-0.39, 0.29) is 5.91 Å². The highest BCUT2D eigenvalue weighted by atomic mass is 32.1. The van der Waals surface area contributed by atoms with Gasteiger partial charge in [-0.15, -0.1) is 11.3 Å². The van der Waals surface area contributed by atoms with Crippen LogP contribution in [-0.4, -0.2) is 10.8 Å². The minimum Gasteiger partial charge on any atom is -0.467 e. The summed E-state index contributed by atoms with van der Waals surface area (Å²) in [5, 5.41) is 3.11. The maximum Gasteiger partial charge on any atom is 0.227 e. The molecule has 1 aliphatic carbocycles. The molecule has 0 fully saturated rings. The molecule has 1 aromatic carbocycles. The number of furan rings is 2. The van der Waals surface area contributed by atoms with Crippen LogP contribution >= 0.6 is 11.3 Å². The number of nitrogens with zero attached hydrogens (tertiary/aromatic N) is 1. The zero-order chi connectivity index (χ0) is 18.9. The minimum absolute atomic E-state index is 0.0769. The molecule has 0 unspecified atom stereocenters. The van der Waals surface area contributed by atoms with Crippen molar-refractivity contribution in [3.05, 3.63) is 81.6 Å². The van der Waals surface area contributed by atoms with E-state index >= 15 is 0 Å². The van der Waals surface area contributed by atoms with Gasteiger partial charge >= 0.3 is 0 Å². The van der Waals surface area contributed by atoms with Crippen molar-refractivity contribution < 1.29 is 13.6 Å². The van der Waals surface area contributed by atoms with Crippen molar-refractivity contribution in [2.75, 3.05) is 0 Å². The Morgan fingerprint density at radius 3 is 2.75 bits per heavy atom. The van der Waals surface area contributed by atoms with Crippen molar-refractivity contribution in [2.24, 2.45) is 0 Å². The first-order valence-electron chi connectivity index (χ1n) is 9.61. The number of carbonyl (C=O) groups excluding carboxylic acids is 1. The number of carbonyl (C=O) groups is 1. The highest BCUT2D eigenvalue weighted by Gasteiger charge is 2.21. The molecule has 0 saturated carbocycles. The fourth-order valence-electron chi connectivity index (χ4n) is 3.97. The van der Waals surface area contributed by atoms with E-state index in [4.69, 9.17) is 8.83 Å². The summed E-state index contributed by atoms with van der Waals surface area (Å²) in [6.07, 6.45) is 7.16. The number of hydrogen-bond acceptors (Lipinski definition) is 4. The summed E-state index contributed by atoms with van der Waals surface area (Å²) in [5.41, 5.74) is 4.63. The summed E-state index contributed by atoms with van der Waals surface area (Å²) in [7, 11) is 0. The van der Waals surface area contributed by atoms with E-state index in [1.54, 1.807) is 23.9 Å². The van der Waals surface area contributed by atoms with Gasteiger partial charge in [-0.05, 0) is 66.1 Å². The summed E-state index contributed by atoms with van der Waals surface area (Å²) in [6, 6.07) is 12.2. The van der Waals surface area contributed by atoms with E-state index < -0.39 is 0 Å². The van der Waals surface area contributed by atoms with Gasteiger partial charge in [-0.3, -0.25) is 4.79 Å². The quantitative estimate of drug-likeness (QED) is 0.445. The molecule has 28 heavy (non-hydrogen) atoms. The second kappa shape index (κ2) is 7.32. The third-order valence-corrected chi connectivity index (χ3v) is 6.28. The van der Waals surface area contributed by atoms with Gasteiger partial charge in [0.05, 0.1) is 32.0 Å². The van der Waals surface area contributed by atoms with Crippen molar-refractivity contribution in [3.8, 4) is 0 Å². The lowest BCUT2D eigenvalue weighted by Crippen LogP contribution is -2.31. The molecule has 142 valence electrons. The molecule has 5 rings (SSSR count). The average molecular weight is 391 g/mol. The maximum atomic E-state index is 13.2. The molecule has 1 amide bonds. The van der Waals surface area contributed by atoms with E-state index in [2.05, 4.69) is 18.2 Å². The first kappa shape index (κ1) is 17.3. The number of aryl methyl sites for hydroxylation is 2. The number of fused-ring (bicyclic) bond motifs is 2. The Labute approximate surface area is 167 Å². The fourth-order valence-corrected chi connectivity index (χ4v) is 4.69. The Bertz CT molecular complexity index is 1060. The molecule has 4 aromatic rings. The van der Waals surface area contributed by atoms with E-state index in [1.807, 2.05) is 28.5 Å². The SMILES string of the molecule is O=C(Cc1coc2cc3c(cc12)CCC3)N(Cc1ccco1)Cc1cccs1. The maximum absolute atomic E-state index is 13.2. The summed E-state index contributed by atoms with van der Waals surface area (Å²) >= 11 is 1.66. The van der Waals surface area contributed by atoms with Crippen molar-refractivity contribution in [1.82, 2.24) is 4.90 Å². The lowest BCUT2D eigenvalue weighted by atomic mass is 10.0. The predicted molar refractivity (Wildman–Crippen MR) is 109 cm³/mol. The molecule has 3 aromatic heterocycles. The van der Waals surface area contributed by atoms with E-state index in [0.29, 0.717) is 19.5 Å². The van der Waals surface area contributed by atoms with Crippen LogP contribution in [0.2, 0.25) is 0 Å². The van der Waals surface area contributed by atoms with Crippen molar-refractivity contribution in [2.45, 2.75) is 38.8 Å². The summed E-state index contributed by atoms with van der Waals surface area (Å²) < 4.78 is 11.3. The van der Waals surface area contributed by atoms with E-state index in [0.717, 1.165) is 40.0 Å². The highest BCUT2D eigenvalue weighted by molar-refractivity contribution is 7.09. The lowest BCUT2D eigenvalue weighted by molar-refractivity contribution is -0.131. The van der Waals surface area contributed by atoms with Gasteiger partial charge in [-0.2, -0.15) is 0 Å². The van der Waals surface area contributed by atoms with Gasteiger partial charge in [-0.1, -0.05) is 6.07 Å². The average Bonchev–Trinajstić information content (AvgIpc) is 3.48. The molecule has 4 nitrogen and oxygen atoms in total. The lowest BCUT2D eigenvalue weighted by Gasteiger charge is -2.21. The highest BCUT2D eigenvalue weighted by Crippen LogP contribution is 2.31. The molecular formula is C23H21NO3S. The third kappa shape index (κ3) is 3.38. The standard InChI is InChI=1S/C23H21NO3S/c25-23(24(13-19-6-2-8-26-19)14-20-7-3-9-28-20)12-18-15-27-22-11-17-5-1-4-16(17)10-21(18)22/h2-3,6-11,15H,1,4-5,12-14H2. The normalized spacial score (nSPS) is 13.1. The monoisotopic (exact) mass is 391 g/mol. The summed E-state index contributed by atoms with van der Waals surface area (Å²) in [5.74, 6) is 0.868. The molecular weight excluding hydrogens is 370 g/mol. The van der Waals surface area contributed by atoms with Gasteiger partial charge < -0.3 is 13.7 Å². The van der Waals surface area contributed by atoms with Crippen molar-refractivity contribution in [3.63, 3.8) is 0 Å². The zero-order valence-electron chi connectivity index (χ0n) is 15.5. The molecule has 1 aliphatic rings. The Hall–Kier alpha value is -2.79. The number of thiophene rings is 1. The summed E-state index contributed by atoms with van der Waals surface area (Å²) in [4.78, 5) is 16.2. The predicted octanol–water partition coefficient (Wildman–Crippen LogP) is 5.35. The first-order chi connectivity index (χ1) is 13.8. The van der Waals surface area contributed by atoms with E-state index in [9.17, 15) is 4.79 Å². The Kier molecular flexibility index (Phi) is 4.53. The van der Waals surface area contributed by atoms with Gasteiger partial charge in [0, 0.05) is 15.8 Å². The van der Waals surface area contributed by atoms with Gasteiger partial charge in [0.1, 0.15) is 11.3 Å². The van der Waals surface area contributed by atoms with Crippen LogP contribution in [0.4, 0.5) is 0 Å². The number of rotatable bonds is 6. The molecule has 0 N–H and O–H groups in total.